The van der Waals surface area contributed by atoms with Gasteiger partial charge in [-0.15, -0.1) is 0 Å². The molecule has 0 spiro atoms. The van der Waals surface area contributed by atoms with Crippen molar-refractivity contribution in [2.75, 3.05) is 11.9 Å². The molecule has 0 aromatic heterocycles. The number of carbonyl (C=O) groups is 2. The van der Waals surface area contributed by atoms with Gasteiger partial charge in [-0.3, -0.25) is 5.32 Å². The lowest BCUT2D eigenvalue weighted by molar-refractivity contribution is -0.140. The van der Waals surface area contributed by atoms with Gasteiger partial charge in [0.05, 0.1) is 11.1 Å². The van der Waals surface area contributed by atoms with Gasteiger partial charge in [-0.2, -0.15) is 13.2 Å². The summed E-state index contributed by atoms with van der Waals surface area (Å²) in [4.78, 5) is 21.9. The maximum absolute atomic E-state index is 13.5. The maximum Gasteiger partial charge on any atom is 0.419 e. The van der Waals surface area contributed by atoms with Crippen molar-refractivity contribution in [3.05, 3.63) is 41.7 Å². The van der Waals surface area contributed by atoms with Crippen molar-refractivity contribution in [2.45, 2.75) is 6.18 Å². The number of hydrogen-bond acceptors (Lipinski definition) is 3. The Morgan fingerprint density at radius 3 is 2.48 bits per heavy atom. The highest BCUT2D eigenvalue weighted by Crippen LogP contribution is 2.34. The number of alkyl halides is 3. The normalized spacial score (nSPS) is 10.9. The van der Waals surface area contributed by atoms with Crippen LogP contribution >= 0.6 is 0 Å². The first-order valence-corrected chi connectivity index (χ1v) is 5.35. The van der Waals surface area contributed by atoms with E-state index in [0.717, 1.165) is 0 Å². The predicted octanol–water partition coefficient (Wildman–Crippen LogP) is 3.28. The van der Waals surface area contributed by atoms with Crippen molar-refractivity contribution in [3.8, 4) is 0 Å². The third kappa shape index (κ3) is 4.20. The third-order valence-electron chi connectivity index (χ3n) is 2.19. The van der Waals surface area contributed by atoms with Gasteiger partial charge >= 0.3 is 18.2 Å². The Balaban J connectivity index is 3.22. The zero-order valence-corrected chi connectivity index (χ0v) is 10.3. The Bertz CT molecular complexity index is 583. The Morgan fingerprint density at radius 1 is 1.38 bits per heavy atom. The second-order valence-corrected chi connectivity index (χ2v) is 3.70. The number of aromatic carboxylic acids is 1. The van der Waals surface area contributed by atoms with E-state index in [4.69, 9.17) is 5.11 Å². The van der Waals surface area contributed by atoms with E-state index >= 15 is 0 Å². The number of benzene rings is 1. The zero-order chi connectivity index (χ0) is 16.2. The molecule has 0 bridgehead atoms. The van der Waals surface area contributed by atoms with Gasteiger partial charge < -0.3 is 9.84 Å². The molecule has 0 aliphatic rings. The van der Waals surface area contributed by atoms with E-state index in [1.54, 1.807) is 0 Å². The molecule has 0 saturated heterocycles. The van der Waals surface area contributed by atoms with Crippen molar-refractivity contribution < 1.29 is 37.0 Å². The maximum atomic E-state index is 13.5. The van der Waals surface area contributed by atoms with Crippen LogP contribution < -0.4 is 5.32 Å². The van der Waals surface area contributed by atoms with Gasteiger partial charge in [0.15, 0.2) is 0 Å². The molecular weight excluding hydrogens is 298 g/mol. The second-order valence-electron chi connectivity index (χ2n) is 3.70. The van der Waals surface area contributed by atoms with Crippen LogP contribution in [0.4, 0.5) is 28.0 Å². The fraction of sp³-hybridized carbons (Fsp3) is 0.167. The molecule has 1 aromatic carbocycles. The molecule has 0 heterocycles. The summed E-state index contributed by atoms with van der Waals surface area (Å²) in [6.07, 6.45) is -5.03. The largest absolute Gasteiger partial charge is 0.478 e. The molecule has 21 heavy (non-hydrogen) atoms. The summed E-state index contributed by atoms with van der Waals surface area (Å²) in [5.41, 5.74) is -3.58. The van der Waals surface area contributed by atoms with Crippen LogP contribution in [0.15, 0.2) is 24.8 Å². The Kier molecular flexibility index (Phi) is 4.90. The highest BCUT2D eigenvalue weighted by molar-refractivity contribution is 5.92. The quantitative estimate of drug-likeness (QED) is 0.661. The molecule has 114 valence electrons. The van der Waals surface area contributed by atoms with Crippen LogP contribution in [-0.2, 0) is 10.9 Å². The van der Waals surface area contributed by atoms with E-state index in [0.29, 0.717) is 6.07 Å². The van der Waals surface area contributed by atoms with Crippen molar-refractivity contribution in [3.63, 3.8) is 0 Å². The highest BCUT2D eigenvalue weighted by Gasteiger charge is 2.36. The molecule has 1 aromatic rings. The molecular formula is C12H9F4NO4. The molecule has 0 aliphatic carbocycles. The fourth-order valence-corrected chi connectivity index (χ4v) is 1.35. The van der Waals surface area contributed by atoms with Crippen LogP contribution in [0.3, 0.4) is 0 Å². The van der Waals surface area contributed by atoms with Gasteiger partial charge in [0, 0.05) is 5.69 Å². The molecule has 1 amide bonds. The number of rotatable bonds is 4. The topological polar surface area (TPSA) is 75.6 Å². The Hall–Kier alpha value is -2.58. The van der Waals surface area contributed by atoms with E-state index in [9.17, 15) is 27.2 Å². The van der Waals surface area contributed by atoms with E-state index in [1.807, 2.05) is 5.32 Å². The smallest absolute Gasteiger partial charge is 0.419 e. The van der Waals surface area contributed by atoms with Crippen molar-refractivity contribution >= 4 is 17.7 Å². The minimum absolute atomic E-state index is 0.203. The average molecular weight is 307 g/mol. The molecule has 0 atom stereocenters. The summed E-state index contributed by atoms with van der Waals surface area (Å²) in [5, 5.41) is 10.6. The Morgan fingerprint density at radius 2 is 2.00 bits per heavy atom. The van der Waals surface area contributed by atoms with Crippen LogP contribution in [0.1, 0.15) is 15.9 Å². The fourth-order valence-electron chi connectivity index (χ4n) is 1.35. The van der Waals surface area contributed by atoms with Gasteiger partial charge in [0.1, 0.15) is 12.4 Å². The number of carboxylic acid groups (broad SMARTS) is 1. The van der Waals surface area contributed by atoms with Crippen molar-refractivity contribution in [2.24, 2.45) is 0 Å². The first-order valence-electron chi connectivity index (χ1n) is 5.35. The molecule has 5 nitrogen and oxygen atoms in total. The van der Waals surface area contributed by atoms with Crippen LogP contribution in [0.25, 0.3) is 0 Å². The monoisotopic (exact) mass is 307 g/mol. The summed E-state index contributed by atoms with van der Waals surface area (Å²) in [5.74, 6) is -3.83. The number of amides is 1. The molecule has 0 fully saturated rings. The number of ether oxygens (including phenoxy) is 1. The van der Waals surface area contributed by atoms with Crippen LogP contribution in [0.2, 0.25) is 0 Å². The number of anilines is 1. The van der Waals surface area contributed by atoms with Gasteiger partial charge in [0.2, 0.25) is 0 Å². The van der Waals surface area contributed by atoms with Gasteiger partial charge in [-0.05, 0) is 12.1 Å². The number of carboxylic acids is 1. The van der Waals surface area contributed by atoms with Crippen LogP contribution in [-0.4, -0.2) is 23.8 Å². The lowest BCUT2D eigenvalue weighted by atomic mass is 10.1. The van der Waals surface area contributed by atoms with Crippen molar-refractivity contribution in [1.82, 2.24) is 0 Å². The summed E-state index contributed by atoms with van der Waals surface area (Å²) >= 11 is 0. The van der Waals surface area contributed by atoms with Gasteiger partial charge in [0.25, 0.3) is 0 Å². The summed E-state index contributed by atoms with van der Waals surface area (Å²) in [6, 6.07) is 0.832. The summed E-state index contributed by atoms with van der Waals surface area (Å²) in [6.45, 7) is 3.05. The number of nitrogens with one attached hydrogen (secondary N) is 1. The minimum atomic E-state index is -5.11. The Labute approximate surface area is 115 Å². The summed E-state index contributed by atoms with van der Waals surface area (Å²) in [7, 11) is 0. The zero-order valence-electron chi connectivity index (χ0n) is 10.3. The standard InChI is InChI=1S/C12H9F4NO4/c1-2-3-21-11(20)17-6-4-7(10(18)19)9(13)8(5-6)12(14,15)16/h2,4-5H,1,3H2,(H,17,20)(H,18,19). The molecule has 1 rings (SSSR count). The first-order chi connectivity index (χ1) is 9.66. The second kappa shape index (κ2) is 6.25. The van der Waals surface area contributed by atoms with Gasteiger partial charge in [-0.25, -0.2) is 14.0 Å². The van der Waals surface area contributed by atoms with Gasteiger partial charge in [-0.1, -0.05) is 12.7 Å². The SMILES string of the molecule is C=CCOC(=O)Nc1cc(C(=O)O)c(F)c(C(F)(F)F)c1. The third-order valence-corrected chi connectivity index (χ3v) is 2.19. The molecule has 0 radical (unpaired) electrons. The molecule has 9 heteroatoms. The van der Waals surface area contributed by atoms with E-state index in [1.165, 1.54) is 6.08 Å². The average Bonchev–Trinajstić information content (AvgIpc) is 2.36. The van der Waals surface area contributed by atoms with Crippen molar-refractivity contribution in [1.29, 1.82) is 0 Å². The number of carbonyl (C=O) groups excluding carboxylic acids is 1. The van der Waals surface area contributed by atoms with E-state index < -0.39 is 40.9 Å². The molecule has 2 N–H and O–H groups in total. The van der Waals surface area contributed by atoms with E-state index in [-0.39, 0.29) is 12.7 Å². The molecule has 0 saturated carbocycles. The highest BCUT2D eigenvalue weighted by atomic mass is 19.4. The summed E-state index contributed by atoms with van der Waals surface area (Å²) < 4.78 is 55.8. The van der Waals surface area contributed by atoms with Crippen LogP contribution in [0.5, 0.6) is 0 Å². The lowest BCUT2D eigenvalue weighted by Gasteiger charge is -2.13. The predicted molar refractivity (Wildman–Crippen MR) is 63.5 cm³/mol. The molecule has 0 aliphatic heterocycles. The number of hydrogen-bond donors (Lipinski definition) is 2. The minimum Gasteiger partial charge on any atom is -0.478 e. The first kappa shape index (κ1) is 16.5. The number of halogens is 4. The van der Waals surface area contributed by atoms with Crippen LogP contribution in [0, 0.1) is 5.82 Å². The molecule has 0 unspecified atom stereocenters. The lowest BCUT2D eigenvalue weighted by Crippen LogP contribution is -2.17. The van der Waals surface area contributed by atoms with E-state index in [2.05, 4.69) is 11.3 Å².